The number of amides is 1. The molecule has 0 radical (unpaired) electrons. The number of ether oxygens (including phenoxy) is 1. The van der Waals surface area contributed by atoms with Gasteiger partial charge >= 0.3 is 11.4 Å². The summed E-state index contributed by atoms with van der Waals surface area (Å²) < 4.78 is 50.4. The summed E-state index contributed by atoms with van der Waals surface area (Å²) in [5, 5.41) is 15.0. The Hall–Kier alpha value is -7.89. The number of rotatable bonds is 8. The first-order valence-corrected chi connectivity index (χ1v) is 21.5. The minimum atomic E-state index is -1.05. The normalized spacial score (nSPS) is 18.1. The van der Waals surface area contributed by atoms with Crippen LogP contribution in [0.5, 0.6) is 5.88 Å². The molecule has 1 aliphatic heterocycles. The van der Waals surface area contributed by atoms with Gasteiger partial charge in [0.15, 0.2) is 5.82 Å². The fourth-order valence-corrected chi connectivity index (χ4v) is 10.2. The van der Waals surface area contributed by atoms with E-state index in [0.29, 0.717) is 85.9 Å². The Morgan fingerprint density at radius 2 is 1.68 bits per heavy atom. The molecule has 18 heteroatoms. The molecule has 1 unspecified atom stereocenters. The van der Waals surface area contributed by atoms with Crippen LogP contribution in [0, 0.1) is 38.3 Å². The van der Waals surface area contributed by atoms with Gasteiger partial charge in [0, 0.05) is 66.1 Å². The zero-order valence-corrected chi connectivity index (χ0v) is 37.1. The van der Waals surface area contributed by atoms with Crippen molar-refractivity contribution in [2.24, 2.45) is 13.0 Å². The quantitative estimate of drug-likeness (QED) is 0.167. The molecule has 2 aliphatic rings. The molecular weight excluding hydrogens is 849 g/mol. The largest absolute Gasteiger partial charge is 0.481 e. The minimum Gasteiger partial charge on any atom is -0.481 e. The van der Waals surface area contributed by atoms with Gasteiger partial charge in [0.05, 0.1) is 47.5 Å². The highest BCUT2D eigenvalue weighted by atomic mass is 19.1. The summed E-state index contributed by atoms with van der Waals surface area (Å²) in [7, 11) is 3.35. The number of aromatic nitrogens is 10. The average Bonchev–Trinajstić information content (AvgIpc) is 3.92. The van der Waals surface area contributed by atoms with Crippen LogP contribution in [0.15, 0.2) is 93.5 Å². The maximum atomic E-state index is 16.6. The number of hydrogen-bond donors (Lipinski definition) is 1. The molecule has 1 N–H and O–H groups in total. The third-order valence-corrected chi connectivity index (χ3v) is 13.7. The maximum absolute atomic E-state index is 16.6. The van der Waals surface area contributed by atoms with Crippen molar-refractivity contribution >= 4 is 27.7 Å². The van der Waals surface area contributed by atoms with Crippen molar-refractivity contribution < 1.29 is 22.8 Å². The fraction of sp³-hybridized carbons (Fsp3) is 0.271. The smallest absolute Gasteiger partial charge is 0.438 e. The number of pyridine rings is 1. The van der Waals surface area contributed by atoms with E-state index in [1.807, 2.05) is 39.1 Å². The van der Waals surface area contributed by atoms with E-state index < -0.39 is 23.2 Å². The van der Waals surface area contributed by atoms with Gasteiger partial charge in [0.1, 0.15) is 28.7 Å². The second-order valence-corrected chi connectivity index (χ2v) is 17.5. The van der Waals surface area contributed by atoms with Crippen molar-refractivity contribution in [3.8, 4) is 34.2 Å². The lowest BCUT2D eigenvalue weighted by Gasteiger charge is -2.34. The van der Waals surface area contributed by atoms with Crippen LogP contribution in [-0.2, 0) is 19.0 Å². The third kappa shape index (κ3) is 5.89. The highest BCUT2D eigenvalue weighted by Gasteiger charge is 2.59. The van der Waals surface area contributed by atoms with Crippen LogP contribution in [0.3, 0.4) is 0 Å². The van der Waals surface area contributed by atoms with Crippen molar-refractivity contribution in [3.63, 3.8) is 0 Å². The van der Waals surface area contributed by atoms with Crippen molar-refractivity contribution in [1.82, 2.24) is 53.3 Å². The molecule has 1 amide bonds. The van der Waals surface area contributed by atoms with Crippen molar-refractivity contribution in [2.45, 2.75) is 59.0 Å². The second-order valence-electron chi connectivity index (χ2n) is 17.5. The molecule has 3 atom stereocenters. The van der Waals surface area contributed by atoms with Crippen LogP contribution in [0.2, 0.25) is 0 Å². The summed E-state index contributed by atoms with van der Waals surface area (Å²) in [6.45, 7) is 9.27. The van der Waals surface area contributed by atoms with Gasteiger partial charge in [-0.2, -0.15) is 10.2 Å². The molecule has 334 valence electrons. The number of methoxy groups -OCH3 is 1. The molecule has 9 aromatic rings. The number of carbonyl (C=O) groups is 1. The number of benzene rings is 3. The number of nitrogens with zero attached hydrogens (tertiary/aromatic N) is 10. The molecule has 6 aromatic heterocycles. The summed E-state index contributed by atoms with van der Waals surface area (Å²) in [4.78, 5) is 51.4. The number of aromatic amines is 1. The number of hydrogen-bond acceptors (Lipinski definition) is 9. The average molecular weight is 892 g/mol. The summed E-state index contributed by atoms with van der Waals surface area (Å²) in [6.07, 6.45) is 7.44. The van der Waals surface area contributed by atoms with Crippen LogP contribution >= 0.6 is 0 Å². The van der Waals surface area contributed by atoms with Crippen LogP contribution in [0.25, 0.3) is 50.1 Å². The number of aryl methyl sites for hydroxylation is 3. The first-order valence-electron chi connectivity index (χ1n) is 21.5. The summed E-state index contributed by atoms with van der Waals surface area (Å²) in [5.41, 5.74) is 4.93. The Balaban J connectivity index is 1.08. The van der Waals surface area contributed by atoms with Gasteiger partial charge in [-0.25, -0.2) is 28.0 Å². The lowest BCUT2D eigenvalue weighted by atomic mass is 9.98. The molecule has 7 heterocycles. The number of imidazole rings is 1. The molecular formula is C48H43F2N11O5. The SMILES string of the molecule is COc1nccc(-c2cc3cc(C(=O)N4CCc5nn(-c6cc(C)c(F)c(C)c6)c(-n6ccn(-c7ccc8c(cnn8C)c7)c6=O)c5[C@@H]4C)n([C@@]4(c5noc(=O)[nH]5)CC4C)c3cc2F)c1C. The fourth-order valence-electron chi connectivity index (χ4n) is 10.2. The maximum Gasteiger partial charge on any atom is 0.438 e. The van der Waals surface area contributed by atoms with Gasteiger partial charge in [0.2, 0.25) is 5.88 Å². The topological polar surface area (TPSA) is 169 Å². The molecule has 0 bridgehead atoms. The van der Waals surface area contributed by atoms with Gasteiger partial charge in [-0.1, -0.05) is 12.1 Å². The number of halogens is 2. The van der Waals surface area contributed by atoms with Gasteiger partial charge in [-0.05, 0) is 111 Å². The van der Waals surface area contributed by atoms with E-state index in [1.165, 1.54) is 22.3 Å². The molecule has 11 rings (SSSR count). The Morgan fingerprint density at radius 1 is 0.924 bits per heavy atom. The molecule has 1 saturated carbocycles. The highest BCUT2D eigenvalue weighted by Crippen LogP contribution is 2.56. The van der Waals surface area contributed by atoms with Gasteiger partial charge in [-0.3, -0.25) is 28.1 Å². The first-order chi connectivity index (χ1) is 31.7. The predicted molar refractivity (Wildman–Crippen MR) is 240 cm³/mol. The van der Waals surface area contributed by atoms with E-state index >= 15 is 13.6 Å². The van der Waals surface area contributed by atoms with Crippen LogP contribution in [0.4, 0.5) is 8.78 Å². The van der Waals surface area contributed by atoms with Crippen molar-refractivity contribution in [1.29, 1.82) is 0 Å². The standard InChI is InChI=1S/C48H43F2N11O5/c1-24-16-32(17-25(2)41(24)50)61-43(59-15-14-58(47(59)64)31-8-9-37-30(18-31)23-52-56(37)6)40-28(5)57(13-11-36(40)54-61)44(62)39-20-29-19-34(33-10-12-51-42(65-7)27(33)4)35(49)21-38(29)60(39)48(22-26(48)3)45-53-46(63)66-55-45/h8-10,12,14-21,23,26,28H,11,13,22H2,1-7H3,(H,53,55,63)/t26?,28-,48-/m0/s1. The molecule has 0 spiro atoms. The molecule has 1 fully saturated rings. The number of nitrogens with one attached hydrogen (secondary N) is 1. The first kappa shape index (κ1) is 40.9. The minimum absolute atomic E-state index is 0.137. The Morgan fingerprint density at radius 3 is 2.39 bits per heavy atom. The summed E-state index contributed by atoms with van der Waals surface area (Å²) in [5.74, 6) is -1.16. The van der Waals surface area contributed by atoms with Crippen LogP contribution in [0.1, 0.15) is 70.6 Å². The molecule has 0 saturated heterocycles. The molecule has 16 nitrogen and oxygen atoms in total. The molecule has 3 aromatic carbocycles. The molecule has 66 heavy (non-hydrogen) atoms. The van der Waals surface area contributed by atoms with E-state index in [0.717, 1.165) is 10.9 Å². The lowest BCUT2D eigenvalue weighted by molar-refractivity contribution is 0.0663. The van der Waals surface area contributed by atoms with Crippen molar-refractivity contribution in [2.75, 3.05) is 13.7 Å². The van der Waals surface area contributed by atoms with E-state index in [1.54, 1.807) is 94.7 Å². The summed E-state index contributed by atoms with van der Waals surface area (Å²) in [6, 6.07) is 14.9. The zero-order chi connectivity index (χ0) is 46.1. The van der Waals surface area contributed by atoms with Crippen molar-refractivity contribution in [3.05, 3.63) is 152 Å². The Bertz CT molecular complexity index is 3600. The van der Waals surface area contributed by atoms with Crippen LogP contribution < -0.4 is 16.2 Å². The van der Waals surface area contributed by atoms with E-state index in [4.69, 9.17) is 14.4 Å². The predicted octanol–water partition coefficient (Wildman–Crippen LogP) is 7.15. The second kappa shape index (κ2) is 14.6. The van der Waals surface area contributed by atoms with E-state index in [-0.39, 0.29) is 41.4 Å². The van der Waals surface area contributed by atoms with E-state index in [9.17, 15) is 9.59 Å². The Labute approximate surface area is 374 Å². The highest BCUT2D eigenvalue weighted by molar-refractivity contribution is 6.01. The van der Waals surface area contributed by atoms with Crippen LogP contribution in [-0.4, -0.2) is 72.8 Å². The lowest BCUT2D eigenvalue weighted by Crippen LogP contribution is -2.41. The molecule has 1 aliphatic carbocycles. The number of carbonyl (C=O) groups excluding carboxylic acids is 1. The summed E-state index contributed by atoms with van der Waals surface area (Å²) >= 11 is 0. The third-order valence-electron chi connectivity index (χ3n) is 13.7. The van der Waals surface area contributed by atoms with E-state index in [2.05, 4.69) is 20.2 Å². The number of fused-ring (bicyclic) bond motifs is 3. The zero-order valence-electron chi connectivity index (χ0n) is 37.1. The van der Waals surface area contributed by atoms with Gasteiger partial charge < -0.3 is 14.2 Å². The van der Waals surface area contributed by atoms with Gasteiger partial charge in [-0.15, -0.1) is 0 Å². The van der Waals surface area contributed by atoms with Gasteiger partial charge in [0.25, 0.3) is 5.91 Å². The number of H-pyrrole nitrogens is 1. The Kier molecular flexibility index (Phi) is 9.02. The monoisotopic (exact) mass is 891 g/mol.